The van der Waals surface area contributed by atoms with Gasteiger partial charge in [-0.05, 0) is 43.1 Å². The van der Waals surface area contributed by atoms with Crippen LogP contribution < -0.4 is 16.1 Å². The molecule has 0 radical (unpaired) electrons. The zero-order chi connectivity index (χ0) is 21.9. The van der Waals surface area contributed by atoms with Crippen molar-refractivity contribution < 1.29 is 15.0 Å². The van der Waals surface area contributed by atoms with Gasteiger partial charge in [0.15, 0.2) is 11.4 Å². The van der Waals surface area contributed by atoms with Crippen molar-refractivity contribution in [3.8, 4) is 5.75 Å². The first-order valence-electron chi connectivity index (χ1n) is 10.6. The molecule has 2 aliphatic carbocycles. The summed E-state index contributed by atoms with van der Waals surface area (Å²) in [5, 5.41) is 30.0. The molecule has 2 aromatic rings. The van der Waals surface area contributed by atoms with Crippen LogP contribution in [-0.4, -0.2) is 50.7 Å². The number of aromatic nitrogens is 3. The second-order valence-electron chi connectivity index (χ2n) is 9.00. The molecule has 164 valence electrons. The Balaban J connectivity index is 1.59. The number of aliphatic hydroxyl groups is 1. The summed E-state index contributed by atoms with van der Waals surface area (Å²) in [4.78, 5) is 24.3. The van der Waals surface area contributed by atoms with Crippen LogP contribution in [0.3, 0.4) is 0 Å². The Bertz CT molecular complexity index is 1140. The zero-order valence-electron chi connectivity index (χ0n) is 17.6. The third kappa shape index (κ3) is 2.98. The molecule has 1 aliphatic heterocycles. The SMILES string of the molecule is CNC(=O)c1nn(CC2(n3cc(C)c4c3NCC=C4)C[C@@H]3C(CO)[C@@H]3C2)cc(O)c1=O. The van der Waals surface area contributed by atoms with E-state index >= 15 is 0 Å². The Morgan fingerprint density at radius 1 is 1.35 bits per heavy atom. The van der Waals surface area contributed by atoms with Crippen LogP contribution in [0.2, 0.25) is 0 Å². The van der Waals surface area contributed by atoms with E-state index in [0.717, 1.165) is 30.8 Å². The van der Waals surface area contributed by atoms with Gasteiger partial charge in [0.2, 0.25) is 0 Å². The van der Waals surface area contributed by atoms with E-state index in [4.69, 9.17) is 0 Å². The number of rotatable bonds is 5. The number of carbonyl (C=O) groups excluding carboxylic acids is 1. The molecule has 2 unspecified atom stereocenters. The number of hydrogen-bond donors (Lipinski definition) is 4. The fourth-order valence-electron chi connectivity index (χ4n) is 5.68. The van der Waals surface area contributed by atoms with E-state index in [-0.39, 0.29) is 17.8 Å². The third-order valence-corrected chi connectivity index (χ3v) is 7.22. The van der Waals surface area contributed by atoms with Gasteiger partial charge >= 0.3 is 0 Å². The summed E-state index contributed by atoms with van der Waals surface area (Å²) in [7, 11) is 1.42. The second kappa shape index (κ2) is 6.98. The number of amides is 1. The largest absolute Gasteiger partial charge is 0.503 e. The molecule has 0 bridgehead atoms. The molecule has 5 rings (SSSR count). The van der Waals surface area contributed by atoms with Gasteiger partial charge in [-0.25, -0.2) is 0 Å². The minimum absolute atomic E-state index is 0.201. The van der Waals surface area contributed by atoms with Crippen LogP contribution in [0.15, 0.2) is 23.3 Å². The lowest BCUT2D eigenvalue weighted by Gasteiger charge is -2.36. The molecule has 3 aliphatic rings. The molecule has 0 aromatic carbocycles. The molecule has 1 amide bonds. The molecule has 31 heavy (non-hydrogen) atoms. The number of aryl methyl sites for hydroxylation is 1. The molecule has 4 N–H and O–H groups in total. The van der Waals surface area contributed by atoms with Crippen LogP contribution in [0, 0.1) is 24.7 Å². The molecule has 4 atom stereocenters. The molecule has 3 heterocycles. The fraction of sp³-hybridized carbons (Fsp3) is 0.500. The minimum Gasteiger partial charge on any atom is -0.503 e. The van der Waals surface area contributed by atoms with E-state index in [0.29, 0.717) is 24.3 Å². The van der Waals surface area contributed by atoms with Gasteiger partial charge in [0.05, 0.1) is 18.3 Å². The van der Waals surface area contributed by atoms with Crippen molar-refractivity contribution in [2.24, 2.45) is 17.8 Å². The quantitative estimate of drug-likeness (QED) is 0.565. The number of aliphatic hydroxyl groups excluding tert-OH is 1. The number of fused-ring (bicyclic) bond motifs is 2. The first kappa shape index (κ1) is 19.9. The Morgan fingerprint density at radius 3 is 2.77 bits per heavy atom. The van der Waals surface area contributed by atoms with Crippen LogP contribution in [0.1, 0.15) is 34.5 Å². The smallest absolute Gasteiger partial charge is 0.275 e. The van der Waals surface area contributed by atoms with E-state index < -0.39 is 17.1 Å². The molecule has 9 heteroatoms. The molecule has 0 spiro atoms. The number of nitrogens with one attached hydrogen (secondary N) is 2. The summed E-state index contributed by atoms with van der Waals surface area (Å²) in [5.41, 5.74) is 0.887. The highest BCUT2D eigenvalue weighted by Crippen LogP contribution is 2.64. The van der Waals surface area contributed by atoms with Gasteiger partial charge in [-0.15, -0.1) is 0 Å². The van der Waals surface area contributed by atoms with Gasteiger partial charge in [0.25, 0.3) is 11.3 Å². The van der Waals surface area contributed by atoms with E-state index in [9.17, 15) is 19.8 Å². The van der Waals surface area contributed by atoms with Crippen molar-refractivity contribution in [3.05, 3.63) is 45.5 Å². The van der Waals surface area contributed by atoms with Crippen molar-refractivity contribution in [3.63, 3.8) is 0 Å². The molecular formula is C22H27N5O4. The summed E-state index contributed by atoms with van der Waals surface area (Å²) < 4.78 is 3.79. The maximum absolute atomic E-state index is 12.2. The van der Waals surface area contributed by atoms with Crippen molar-refractivity contribution in [1.82, 2.24) is 19.7 Å². The van der Waals surface area contributed by atoms with E-state index in [1.54, 1.807) is 0 Å². The average molecular weight is 425 g/mol. The number of carbonyl (C=O) groups is 1. The summed E-state index contributed by atoms with van der Waals surface area (Å²) >= 11 is 0. The first-order valence-corrected chi connectivity index (χ1v) is 10.6. The molecule has 9 nitrogen and oxygen atoms in total. The highest BCUT2D eigenvalue weighted by Gasteiger charge is 2.62. The summed E-state index contributed by atoms with van der Waals surface area (Å²) in [6.45, 7) is 3.44. The van der Waals surface area contributed by atoms with E-state index in [2.05, 4.69) is 45.6 Å². The number of anilines is 1. The minimum atomic E-state index is -0.778. The molecule has 2 fully saturated rings. The monoisotopic (exact) mass is 425 g/mol. The van der Waals surface area contributed by atoms with Gasteiger partial charge in [-0.1, -0.05) is 12.2 Å². The Hall–Kier alpha value is -3.07. The lowest BCUT2D eigenvalue weighted by Crippen LogP contribution is -2.40. The van der Waals surface area contributed by atoms with Gasteiger partial charge in [-0.3, -0.25) is 14.3 Å². The van der Waals surface area contributed by atoms with Crippen molar-refractivity contribution >= 4 is 17.8 Å². The highest BCUT2D eigenvalue weighted by molar-refractivity contribution is 5.92. The Kier molecular flexibility index (Phi) is 4.47. The van der Waals surface area contributed by atoms with Crippen LogP contribution in [-0.2, 0) is 12.1 Å². The molecule has 2 aromatic heterocycles. The first-order chi connectivity index (χ1) is 14.9. The van der Waals surface area contributed by atoms with Gasteiger partial charge < -0.3 is 25.4 Å². The summed E-state index contributed by atoms with van der Waals surface area (Å²) in [6.07, 6.45) is 9.40. The molecule has 2 saturated carbocycles. The van der Waals surface area contributed by atoms with Gasteiger partial charge in [0, 0.05) is 32.0 Å². The van der Waals surface area contributed by atoms with Crippen LogP contribution >= 0.6 is 0 Å². The van der Waals surface area contributed by atoms with Crippen LogP contribution in [0.4, 0.5) is 5.82 Å². The van der Waals surface area contributed by atoms with Crippen LogP contribution in [0.5, 0.6) is 5.75 Å². The summed E-state index contributed by atoms with van der Waals surface area (Å²) in [6, 6.07) is 0. The topological polar surface area (TPSA) is 121 Å². The lowest BCUT2D eigenvalue weighted by atomic mass is 9.90. The van der Waals surface area contributed by atoms with Crippen molar-refractivity contribution in [2.45, 2.75) is 31.8 Å². The maximum Gasteiger partial charge on any atom is 0.275 e. The highest BCUT2D eigenvalue weighted by atomic mass is 16.3. The summed E-state index contributed by atoms with van der Waals surface area (Å²) in [5.74, 6) is 1.15. The van der Waals surface area contributed by atoms with Gasteiger partial charge in [-0.2, -0.15) is 5.10 Å². The normalized spacial score (nSPS) is 28.0. The standard InChI is InChI=1S/C22H27N5O4/c1-12-8-27(20-13(12)4-3-5-24-20)22(6-14-15(7-22)16(14)10-28)11-26-9-17(29)19(30)18(25-26)21(31)23-2/h3-4,8-9,14-16,24,28-29H,5-7,10-11H2,1-2H3,(H,23,31)/t14-,15+,16?,22?. The van der Waals surface area contributed by atoms with Gasteiger partial charge in [0.1, 0.15) is 5.82 Å². The number of aromatic hydroxyl groups is 1. The lowest BCUT2D eigenvalue weighted by molar-refractivity contribution is 0.0951. The second-order valence-corrected chi connectivity index (χ2v) is 9.00. The van der Waals surface area contributed by atoms with Crippen molar-refractivity contribution in [2.75, 3.05) is 25.5 Å². The van der Waals surface area contributed by atoms with E-state index in [1.807, 2.05) is 0 Å². The average Bonchev–Trinajstić information content (AvgIpc) is 3.08. The Morgan fingerprint density at radius 2 is 2.10 bits per heavy atom. The zero-order valence-corrected chi connectivity index (χ0v) is 17.6. The fourth-order valence-corrected chi connectivity index (χ4v) is 5.68. The maximum atomic E-state index is 12.2. The predicted octanol–water partition coefficient (Wildman–Crippen LogP) is 0.901. The van der Waals surface area contributed by atoms with Crippen LogP contribution in [0.25, 0.3) is 6.08 Å². The molecule has 0 saturated heterocycles. The number of hydrogen-bond acceptors (Lipinski definition) is 6. The Labute approximate surface area is 179 Å². The van der Waals surface area contributed by atoms with E-state index in [1.165, 1.54) is 23.5 Å². The van der Waals surface area contributed by atoms with Crippen molar-refractivity contribution in [1.29, 1.82) is 0 Å². The third-order valence-electron chi connectivity index (χ3n) is 7.22. The number of nitrogens with zero attached hydrogens (tertiary/aromatic N) is 3. The molecular weight excluding hydrogens is 398 g/mol. The predicted molar refractivity (Wildman–Crippen MR) is 115 cm³/mol.